The molecule has 3 heterocycles. The summed E-state index contributed by atoms with van der Waals surface area (Å²) in [5, 5.41) is 15.3. The molecule has 0 bridgehead atoms. The number of guanidine groups is 1. The van der Waals surface area contributed by atoms with Crippen LogP contribution in [0.4, 0.5) is 0 Å². The van der Waals surface area contributed by atoms with Gasteiger partial charge in [-0.25, -0.2) is 8.42 Å². The van der Waals surface area contributed by atoms with Gasteiger partial charge in [-0.05, 0) is 32.6 Å². The first-order chi connectivity index (χ1) is 12.5. The molecule has 2 atom stereocenters. The van der Waals surface area contributed by atoms with Gasteiger partial charge in [-0.3, -0.25) is 19.8 Å². The van der Waals surface area contributed by atoms with Crippen LogP contribution >= 0.6 is 11.6 Å². The molecular weight excluding hydrogens is 392 g/mol. The van der Waals surface area contributed by atoms with Crippen LogP contribution in [-0.4, -0.2) is 64.9 Å². The number of carbonyl (C=O) groups is 1. The summed E-state index contributed by atoms with van der Waals surface area (Å²) in [6.07, 6.45) is 1.67. The minimum absolute atomic E-state index is 0.0395. The van der Waals surface area contributed by atoms with Crippen molar-refractivity contribution < 1.29 is 13.2 Å². The predicted octanol–water partition coefficient (Wildman–Crippen LogP) is 0.928. The summed E-state index contributed by atoms with van der Waals surface area (Å²) < 4.78 is 29.2. The third-order valence-electron chi connectivity index (χ3n) is 5.62. The highest BCUT2D eigenvalue weighted by atomic mass is 35.5. The number of piperidine rings is 1. The quantitative estimate of drug-likeness (QED) is 0.761. The topological polar surface area (TPSA) is 111 Å². The number of hydrogen-bond donors (Lipinski definition) is 2. The first-order valence-electron chi connectivity index (χ1n) is 8.80. The Morgan fingerprint density at radius 2 is 2.04 bits per heavy atom. The summed E-state index contributed by atoms with van der Waals surface area (Å²) in [6.45, 7) is 4.17. The molecule has 150 valence electrons. The van der Waals surface area contributed by atoms with E-state index in [9.17, 15) is 13.2 Å². The van der Waals surface area contributed by atoms with Crippen molar-refractivity contribution in [2.45, 2.75) is 43.5 Å². The SMILES string of the molecule is Cc1nn(C)c(Cl)c1S(=O)(=O)N1CCCC([C@]2(C)CC(=O)N(C)C(=N)N2)C1. The van der Waals surface area contributed by atoms with E-state index in [4.69, 9.17) is 17.0 Å². The number of hydrogen-bond acceptors (Lipinski definition) is 5. The van der Waals surface area contributed by atoms with E-state index in [1.807, 2.05) is 6.92 Å². The van der Waals surface area contributed by atoms with Gasteiger partial charge in [-0.15, -0.1) is 0 Å². The van der Waals surface area contributed by atoms with Crippen molar-refractivity contribution in [1.82, 2.24) is 24.3 Å². The second kappa shape index (κ2) is 6.75. The van der Waals surface area contributed by atoms with Crippen LogP contribution in [0.3, 0.4) is 0 Å². The first-order valence-corrected chi connectivity index (χ1v) is 10.6. The lowest BCUT2D eigenvalue weighted by Gasteiger charge is -2.47. The van der Waals surface area contributed by atoms with Gasteiger partial charge in [0.2, 0.25) is 15.9 Å². The van der Waals surface area contributed by atoms with Crippen LogP contribution in [0.1, 0.15) is 31.9 Å². The molecule has 9 nitrogen and oxygen atoms in total. The molecule has 2 aliphatic heterocycles. The van der Waals surface area contributed by atoms with Gasteiger partial charge < -0.3 is 5.32 Å². The second-order valence-electron chi connectivity index (χ2n) is 7.55. The zero-order valence-electron chi connectivity index (χ0n) is 15.9. The second-order valence-corrected chi connectivity index (χ2v) is 9.78. The van der Waals surface area contributed by atoms with Gasteiger partial charge in [-0.2, -0.15) is 9.40 Å². The van der Waals surface area contributed by atoms with Gasteiger partial charge in [-0.1, -0.05) is 11.6 Å². The maximum Gasteiger partial charge on any atom is 0.248 e. The minimum atomic E-state index is -3.80. The number of nitrogens with zero attached hydrogens (tertiary/aromatic N) is 4. The Hall–Kier alpha value is -1.65. The van der Waals surface area contributed by atoms with Gasteiger partial charge in [0.25, 0.3) is 0 Å². The molecule has 2 aliphatic rings. The summed E-state index contributed by atoms with van der Waals surface area (Å²) in [5.41, 5.74) is -0.298. The lowest BCUT2D eigenvalue weighted by molar-refractivity contribution is -0.130. The fraction of sp³-hybridized carbons (Fsp3) is 0.688. The number of aryl methyl sites for hydroxylation is 2. The van der Waals surface area contributed by atoms with Crippen LogP contribution in [0.2, 0.25) is 5.15 Å². The molecule has 2 saturated heterocycles. The zero-order chi connectivity index (χ0) is 20.1. The molecule has 1 aromatic rings. The van der Waals surface area contributed by atoms with Gasteiger partial charge in [0.1, 0.15) is 10.0 Å². The minimum Gasteiger partial charge on any atom is -0.350 e. The van der Waals surface area contributed by atoms with Crippen molar-refractivity contribution in [1.29, 1.82) is 5.41 Å². The molecule has 0 spiro atoms. The number of amides is 1. The van der Waals surface area contributed by atoms with Crippen molar-refractivity contribution in [2.24, 2.45) is 13.0 Å². The van der Waals surface area contributed by atoms with Crippen LogP contribution in [0.5, 0.6) is 0 Å². The Kier molecular flexibility index (Phi) is 5.02. The highest BCUT2D eigenvalue weighted by Gasteiger charge is 2.46. The van der Waals surface area contributed by atoms with E-state index < -0.39 is 15.6 Å². The summed E-state index contributed by atoms with van der Waals surface area (Å²) in [4.78, 5) is 13.6. The average molecular weight is 417 g/mol. The monoisotopic (exact) mass is 416 g/mol. The van der Waals surface area contributed by atoms with Gasteiger partial charge >= 0.3 is 0 Å². The molecule has 1 aromatic heterocycles. The van der Waals surface area contributed by atoms with E-state index in [0.717, 1.165) is 6.42 Å². The standard InChI is InChI=1S/C16H25ClN6O3S/c1-10-13(14(17)22(4)20-10)27(25,26)23-7-5-6-11(9-23)16(2)8-12(24)21(3)15(18)19-16/h11H,5-9H2,1-4H3,(H2,18,19)/t11?,16-/m0/s1. The van der Waals surface area contributed by atoms with E-state index in [-0.39, 0.29) is 40.8 Å². The van der Waals surface area contributed by atoms with Crippen LogP contribution < -0.4 is 5.32 Å². The highest BCUT2D eigenvalue weighted by molar-refractivity contribution is 7.89. The number of halogens is 1. The van der Waals surface area contributed by atoms with Gasteiger partial charge in [0, 0.05) is 27.2 Å². The molecule has 1 unspecified atom stereocenters. The molecule has 0 aromatic carbocycles. The van der Waals surface area contributed by atoms with Crippen LogP contribution in [0, 0.1) is 18.3 Å². The average Bonchev–Trinajstić information content (AvgIpc) is 2.85. The van der Waals surface area contributed by atoms with E-state index in [1.165, 1.54) is 13.9 Å². The Morgan fingerprint density at radius 3 is 2.59 bits per heavy atom. The number of nitrogens with one attached hydrogen (secondary N) is 2. The molecule has 27 heavy (non-hydrogen) atoms. The third kappa shape index (κ3) is 3.34. The smallest absolute Gasteiger partial charge is 0.248 e. The summed E-state index contributed by atoms with van der Waals surface area (Å²) in [6, 6.07) is 0. The Labute approximate surface area is 164 Å². The third-order valence-corrected chi connectivity index (χ3v) is 8.18. The van der Waals surface area contributed by atoms with E-state index >= 15 is 0 Å². The molecule has 1 amide bonds. The molecule has 0 saturated carbocycles. The fourth-order valence-corrected chi connectivity index (χ4v) is 6.15. The lowest BCUT2D eigenvalue weighted by atomic mass is 9.77. The van der Waals surface area contributed by atoms with Gasteiger partial charge in [0.15, 0.2) is 5.96 Å². The van der Waals surface area contributed by atoms with Crippen molar-refractivity contribution in [3.05, 3.63) is 10.8 Å². The van der Waals surface area contributed by atoms with E-state index in [2.05, 4.69) is 10.4 Å². The molecule has 3 rings (SSSR count). The summed E-state index contributed by atoms with van der Waals surface area (Å²) in [7, 11) is -0.635. The Bertz CT molecular complexity index is 878. The van der Waals surface area contributed by atoms with Crippen molar-refractivity contribution in [2.75, 3.05) is 20.1 Å². The number of sulfonamides is 1. The number of aromatic nitrogens is 2. The molecule has 0 radical (unpaired) electrons. The van der Waals surface area contributed by atoms with Gasteiger partial charge in [0.05, 0.1) is 17.7 Å². The molecule has 2 fully saturated rings. The highest BCUT2D eigenvalue weighted by Crippen LogP contribution is 2.36. The molecule has 11 heteroatoms. The van der Waals surface area contributed by atoms with Crippen molar-refractivity contribution in [3.8, 4) is 0 Å². The zero-order valence-corrected chi connectivity index (χ0v) is 17.5. The maximum atomic E-state index is 13.2. The van der Waals surface area contributed by atoms with Crippen LogP contribution in [0.25, 0.3) is 0 Å². The van der Waals surface area contributed by atoms with Crippen LogP contribution in [0.15, 0.2) is 4.90 Å². The largest absolute Gasteiger partial charge is 0.350 e. The van der Waals surface area contributed by atoms with Crippen molar-refractivity contribution in [3.63, 3.8) is 0 Å². The fourth-order valence-electron chi connectivity index (χ4n) is 3.92. The lowest BCUT2D eigenvalue weighted by Crippen LogP contribution is -2.65. The van der Waals surface area contributed by atoms with Crippen molar-refractivity contribution >= 4 is 33.5 Å². The first kappa shape index (κ1) is 20.1. The number of rotatable bonds is 3. The predicted molar refractivity (Wildman–Crippen MR) is 101 cm³/mol. The summed E-state index contributed by atoms with van der Waals surface area (Å²) in [5.74, 6) is -0.206. The molecule has 2 N–H and O–H groups in total. The Balaban J connectivity index is 1.88. The maximum absolute atomic E-state index is 13.2. The normalized spacial score (nSPS) is 27.7. The van der Waals surface area contributed by atoms with E-state index in [1.54, 1.807) is 21.0 Å². The summed E-state index contributed by atoms with van der Waals surface area (Å²) >= 11 is 6.19. The van der Waals surface area contributed by atoms with E-state index in [0.29, 0.717) is 18.7 Å². The number of carbonyl (C=O) groups excluding carboxylic acids is 1. The molecule has 0 aliphatic carbocycles. The molecular formula is C16H25ClN6O3S. The Morgan fingerprint density at radius 1 is 1.37 bits per heavy atom. The van der Waals surface area contributed by atoms with Crippen LogP contribution in [-0.2, 0) is 21.9 Å².